The second kappa shape index (κ2) is 11.4. The minimum atomic E-state index is 0.206. The molecular weight excluding hydrogens is 352 g/mol. The Kier molecular flexibility index (Phi) is 9.90. The van der Waals surface area contributed by atoms with Crippen molar-refractivity contribution in [1.29, 1.82) is 0 Å². The van der Waals surface area contributed by atoms with Gasteiger partial charge in [0.25, 0.3) is 0 Å². The van der Waals surface area contributed by atoms with Crippen molar-refractivity contribution in [3.05, 3.63) is 33.9 Å². The molecular formula is C22H40N4O2. The molecule has 160 valence electrons. The molecule has 0 atom stereocenters. The number of aromatic nitrogens is 4. The molecule has 6 heteroatoms. The molecule has 0 aliphatic rings. The molecule has 6 nitrogen and oxygen atoms in total. The molecule has 2 aromatic rings. The van der Waals surface area contributed by atoms with Crippen molar-refractivity contribution in [2.75, 3.05) is 13.2 Å². The van der Waals surface area contributed by atoms with Gasteiger partial charge in [-0.05, 0) is 62.5 Å². The predicted octanol–water partition coefficient (Wildman–Crippen LogP) is 2.92. The number of hydrogen-bond donors (Lipinski definition) is 2. The SMILES string of the molecule is Cc1c(CCO)c(CC(C)C)nn1C.Cc1nn(C)c(CC(C)C)c1CCO. The van der Waals surface area contributed by atoms with Crippen LogP contribution in [0.5, 0.6) is 0 Å². The number of aryl methyl sites for hydroxylation is 3. The maximum Gasteiger partial charge on any atom is 0.0662 e. The number of aliphatic hydroxyl groups is 2. The highest BCUT2D eigenvalue weighted by atomic mass is 16.3. The molecule has 0 saturated heterocycles. The van der Waals surface area contributed by atoms with E-state index in [1.807, 2.05) is 30.4 Å². The van der Waals surface area contributed by atoms with Crippen molar-refractivity contribution >= 4 is 0 Å². The summed E-state index contributed by atoms with van der Waals surface area (Å²) in [5.74, 6) is 1.24. The molecule has 2 heterocycles. The first-order chi connectivity index (χ1) is 13.1. The lowest BCUT2D eigenvalue weighted by atomic mass is 10.0. The minimum Gasteiger partial charge on any atom is -0.396 e. The van der Waals surface area contributed by atoms with E-state index >= 15 is 0 Å². The smallest absolute Gasteiger partial charge is 0.0662 e. The Hall–Kier alpha value is -1.66. The summed E-state index contributed by atoms with van der Waals surface area (Å²) < 4.78 is 3.85. The molecule has 0 radical (unpaired) electrons. The van der Waals surface area contributed by atoms with Crippen molar-refractivity contribution in [1.82, 2.24) is 19.6 Å². The lowest BCUT2D eigenvalue weighted by Crippen LogP contribution is -2.05. The van der Waals surface area contributed by atoms with E-state index in [1.165, 1.54) is 22.5 Å². The van der Waals surface area contributed by atoms with Crippen molar-refractivity contribution in [2.45, 2.75) is 67.2 Å². The zero-order chi connectivity index (χ0) is 21.4. The van der Waals surface area contributed by atoms with E-state index in [2.05, 4.69) is 44.8 Å². The largest absolute Gasteiger partial charge is 0.396 e. The Morgan fingerprint density at radius 2 is 1.32 bits per heavy atom. The summed E-state index contributed by atoms with van der Waals surface area (Å²) >= 11 is 0. The van der Waals surface area contributed by atoms with Gasteiger partial charge in [0.05, 0.1) is 11.4 Å². The van der Waals surface area contributed by atoms with Gasteiger partial charge in [0.15, 0.2) is 0 Å². The molecule has 0 unspecified atom stereocenters. The first-order valence-electron chi connectivity index (χ1n) is 10.4. The van der Waals surface area contributed by atoms with Gasteiger partial charge in [-0.3, -0.25) is 9.36 Å². The van der Waals surface area contributed by atoms with Crippen LogP contribution < -0.4 is 0 Å². The third-order valence-electron chi connectivity index (χ3n) is 4.94. The van der Waals surface area contributed by atoms with E-state index in [4.69, 9.17) is 10.2 Å². The van der Waals surface area contributed by atoms with Crippen LogP contribution in [-0.2, 0) is 39.8 Å². The average Bonchev–Trinajstić information content (AvgIpc) is 2.99. The lowest BCUT2D eigenvalue weighted by molar-refractivity contribution is 0.298. The van der Waals surface area contributed by atoms with Gasteiger partial charge < -0.3 is 10.2 Å². The number of aliphatic hydroxyl groups excluding tert-OH is 2. The van der Waals surface area contributed by atoms with Gasteiger partial charge in [-0.15, -0.1) is 0 Å². The number of hydrogen-bond acceptors (Lipinski definition) is 4. The summed E-state index contributed by atoms with van der Waals surface area (Å²) in [6.07, 6.45) is 3.48. The lowest BCUT2D eigenvalue weighted by Gasteiger charge is -2.08. The molecule has 2 N–H and O–H groups in total. The monoisotopic (exact) mass is 392 g/mol. The summed E-state index contributed by atoms with van der Waals surface area (Å²) in [7, 11) is 3.94. The zero-order valence-electron chi connectivity index (χ0n) is 19.1. The van der Waals surface area contributed by atoms with Gasteiger partial charge in [-0.1, -0.05) is 27.7 Å². The van der Waals surface area contributed by atoms with Crippen LogP contribution in [0, 0.1) is 25.7 Å². The van der Waals surface area contributed by atoms with Crippen LogP contribution in [0.15, 0.2) is 0 Å². The van der Waals surface area contributed by atoms with Crippen LogP contribution in [0.2, 0.25) is 0 Å². The van der Waals surface area contributed by atoms with E-state index < -0.39 is 0 Å². The highest BCUT2D eigenvalue weighted by Crippen LogP contribution is 2.18. The summed E-state index contributed by atoms with van der Waals surface area (Å²) in [5.41, 5.74) is 7.10. The first-order valence-corrected chi connectivity index (χ1v) is 10.4. The molecule has 0 spiro atoms. The fourth-order valence-corrected chi connectivity index (χ4v) is 3.54. The maximum atomic E-state index is 8.97. The number of rotatable bonds is 8. The fourth-order valence-electron chi connectivity index (χ4n) is 3.54. The Morgan fingerprint density at radius 1 is 0.786 bits per heavy atom. The van der Waals surface area contributed by atoms with Crippen LogP contribution in [0.25, 0.3) is 0 Å². The van der Waals surface area contributed by atoms with Crippen molar-refractivity contribution in [3.63, 3.8) is 0 Å². The molecule has 0 saturated carbocycles. The van der Waals surface area contributed by atoms with Gasteiger partial charge in [-0.25, -0.2) is 0 Å². The Morgan fingerprint density at radius 3 is 1.82 bits per heavy atom. The van der Waals surface area contributed by atoms with Crippen molar-refractivity contribution in [3.8, 4) is 0 Å². The normalized spacial score (nSPS) is 11.3. The Balaban J connectivity index is 0.000000280. The van der Waals surface area contributed by atoms with Crippen molar-refractivity contribution in [2.24, 2.45) is 25.9 Å². The molecule has 2 rings (SSSR count). The molecule has 0 aliphatic heterocycles. The van der Waals surface area contributed by atoms with Crippen LogP contribution in [-0.4, -0.2) is 43.0 Å². The summed E-state index contributed by atoms with van der Waals surface area (Å²) in [6.45, 7) is 13.3. The summed E-state index contributed by atoms with van der Waals surface area (Å²) in [6, 6.07) is 0. The molecule has 0 aliphatic carbocycles. The second-order valence-electron chi connectivity index (χ2n) is 8.41. The van der Waals surface area contributed by atoms with E-state index in [0.29, 0.717) is 11.8 Å². The average molecular weight is 393 g/mol. The number of nitrogens with zero attached hydrogens (tertiary/aromatic N) is 4. The standard InChI is InChI=1S/2C11H20N2O/c1-8(2)7-11-10(5-6-14)9(3)13(4)12-11;1-8(2)7-11-10(5-6-14)9(3)12-13(11)4/h2*8,14H,5-7H2,1-4H3. The third kappa shape index (κ3) is 6.74. The van der Waals surface area contributed by atoms with Crippen LogP contribution in [0.4, 0.5) is 0 Å². The van der Waals surface area contributed by atoms with Crippen LogP contribution in [0.1, 0.15) is 61.6 Å². The summed E-state index contributed by atoms with van der Waals surface area (Å²) in [4.78, 5) is 0. The van der Waals surface area contributed by atoms with Gasteiger partial charge in [-0.2, -0.15) is 10.2 Å². The van der Waals surface area contributed by atoms with Crippen LogP contribution >= 0.6 is 0 Å². The topological polar surface area (TPSA) is 76.1 Å². The van der Waals surface area contributed by atoms with Gasteiger partial charge in [0.2, 0.25) is 0 Å². The first kappa shape index (κ1) is 24.4. The Labute approximate surface area is 170 Å². The molecule has 0 bridgehead atoms. The van der Waals surface area contributed by atoms with E-state index in [9.17, 15) is 0 Å². The minimum absolute atomic E-state index is 0.206. The van der Waals surface area contributed by atoms with Gasteiger partial charge in [0.1, 0.15) is 0 Å². The fraction of sp³-hybridized carbons (Fsp3) is 0.727. The third-order valence-corrected chi connectivity index (χ3v) is 4.94. The predicted molar refractivity (Wildman–Crippen MR) is 115 cm³/mol. The molecule has 28 heavy (non-hydrogen) atoms. The molecule has 2 aromatic heterocycles. The molecule has 0 fully saturated rings. The van der Waals surface area contributed by atoms with E-state index in [0.717, 1.165) is 37.1 Å². The molecule has 0 amide bonds. The highest BCUT2D eigenvalue weighted by molar-refractivity contribution is 5.26. The quantitative estimate of drug-likeness (QED) is 0.724. The molecule has 0 aromatic carbocycles. The second-order valence-corrected chi connectivity index (χ2v) is 8.41. The van der Waals surface area contributed by atoms with Crippen molar-refractivity contribution < 1.29 is 10.2 Å². The van der Waals surface area contributed by atoms with Gasteiger partial charge >= 0.3 is 0 Å². The Bertz CT molecular complexity index is 725. The van der Waals surface area contributed by atoms with E-state index in [-0.39, 0.29) is 13.2 Å². The maximum absolute atomic E-state index is 8.97. The highest BCUT2D eigenvalue weighted by Gasteiger charge is 2.14. The van der Waals surface area contributed by atoms with E-state index in [1.54, 1.807) is 0 Å². The zero-order valence-corrected chi connectivity index (χ0v) is 19.1. The van der Waals surface area contributed by atoms with Crippen LogP contribution in [0.3, 0.4) is 0 Å². The summed E-state index contributed by atoms with van der Waals surface area (Å²) in [5, 5.41) is 26.8. The van der Waals surface area contributed by atoms with Gasteiger partial charge in [0, 0.05) is 38.7 Å².